The number of benzene rings is 1. The molecule has 1 N–H and O–H groups in total. The van der Waals surface area contributed by atoms with E-state index in [2.05, 4.69) is 24.4 Å². The molecule has 1 aromatic carbocycles. The number of methoxy groups -OCH3 is 2. The van der Waals surface area contributed by atoms with Crippen molar-refractivity contribution >= 4 is 0 Å². The molecule has 3 nitrogen and oxygen atoms in total. The highest BCUT2D eigenvalue weighted by Crippen LogP contribution is 2.48. The van der Waals surface area contributed by atoms with Crippen LogP contribution in [0.2, 0.25) is 0 Å². The summed E-state index contributed by atoms with van der Waals surface area (Å²) in [5, 5.41) is 3.49. The molecule has 0 aromatic heterocycles. The van der Waals surface area contributed by atoms with Gasteiger partial charge in [-0.1, -0.05) is 13.0 Å². The lowest BCUT2D eigenvalue weighted by molar-refractivity contribution is 0.354. The van der Waals surface area contributed by atoms with Crippen molar-refractivity contribution in [2.24, 2.45) is 5.92 Å². The Bertz CT molecular complexity index is 392. The molecular weight excluding hydrogens is 226 g/mol. The normalized spacial score (nSPS) is 21.7. The highest BCUT2D eigenvalue weighted by molar-refractivity contribution is 5.45. The van der Waals surface area contributed by atoms with Crippen LogP contribution in [0.1, 0.15) is 31.2 Å². The zero-order valence-electron chi connectivity index (χ0n) is 11.5. The summed E-state index contributed by atoms with van der Waals surface area (Å²) in [5.41, 5.74) is 1.37. The first kappa shape index (κ1) is 13.2. The maximum Gasteiger partial charge on any atom is 0.160 e. The lowest BCUT2D eigenvalue weighted by atomic mass is 10.1. The van der Waals surface area contributed by atoms with E-state index in [4.69, 9.17) is 9.47 Å². The van der Waals surface area contributed by atoms with E-state index in [0.717, 1.165) is 30.5 Å². The molecule has 0 bridgehead atoms. The minimum Gasteiger partial charge on any atom is -0.493 e. The molecule has 1 saturated carbocycles. The van der Waals surface area contributed by atoms with Crippen molar-refractivity contribution in [3.8, 4) is 11.5 Å². The molecule has 0 radical (unpaired) electrons. The molecule has 100 valence electrons. The molecule has 0 aliphatic heterocycles. The van der Waals surface area contributed by atoms with Gasteiger partial charge in [-0.25, -0.2) is 0 Å². The molecule has 18 heavy (non-hydrogen) atoms. The van der Waals surface area contributed by atoms with Crippen LogP contribution in [0.4, 0.5) is 0 Å². The molecule has 3 heteroatoms. The Kier molecular flexibility index (Phi) is 4.48. The zero-order chi connectivity index (χ0) is 13.0. The monoisotopic (exact) mass is 249 g/mol. The minimum absolute atomic E-state index is 0.689. The van der Waals surface area contributed by atoms with Gasteiger partial charge in [-0.15, -0.1) is 0 Å². The first-order valence-electron chi connectivity index (χ1n) is 6.72. The molecule has 0 amide bonds. The molecule has 0 saturated heterocycles. The van der Waals surface area contributed by atoms with Crippen molar-refractivity contribution in [3.63, 3.8) is 0 Å². The van der Waals surface area contributed by atoms with Crippen LogP contribution >= 0.6 is 0 Å². The second-order valence-corrected chi connectivity index (χ2v) is 4.92. The maximum atomic E-state index is 5.35. The van der Waals surface area contributed by atoms with E-state index < -0.39 is 0 Å². The van der Waals surface area contributed by atoms with Gasteiger partial charge in [0.2, 0.25) is 0 Å². The van der Waals surface area contributed by atoms with Gasteiger partial charge in [-0.05, 0) is 55.5 Å². The summed E-state index contributed by atoms with van der Waals surface area (Å²) in [7, 11) is 3.36. The molecule has 1 aliphatic rings. The summed E-state index contributed by atoms with van der Waals surface area (Å²) in [4.78, 5) is 0. The molecule has 2 unspecified atom stereocenters. The Hall–Kier alpha value is -1.22. The molecule has 0 spiro atoms. The average Bonchev–Trinajstić information content (AvgIpc) is 3.18. The fraction of sp³-hybridized carbons (Fsp3) is 0.600. The third-order valence-electron chi connectivity index (χ3n) is 3.59. The van der Waals surface area contributed by atoms with Crippen LogP contribution < -0.4 is 14.8 Å². The summed E-state index contributed by atoms with van der Waals surface area (Å²) in [5.74, 6) is 3.12. The Morgan fingerprint density at radius 3 is 2.67 bits per heavy atom. The summed E-state index contributed by atoms with van der Waals surface area (Å²) < 4.78 is 10.6. The number of ether oxygens (including phenoxy) is 2. The van der Waals surface area contributed by atoms with Gasteiger partial charge >= 0.3 is 0 Å². The molecular formula is C15H23NO2. The van der Waals surface area contributed by atoms with E-state index >= 15 is 0 Å². The van der Waals surface area contributed by atoms with Crippen LogP contribution in [-0.4, -0.2) is 27.3 Å². The first-order valence-corrected chi connectivity index (χ1v) is 6.72. The van der Waals surface area contributed by atoms with E-state index in [9.17, 15) is 0 Å². The molecule has 1 fully saturated rings. The fourth-order valence-corrected chi connectivity index (χ4v) is 2.43. The second kappa shape index (κ2) is 6.10. The van der Waals surface area contributed by atoms with Gasteiger partial charge < -0.3 is 14.8 Å². The lowest BCUT2D eigenvalue weighted by Crippen LogP contribution is -2.17. The Labute approximate surface area is 109 Å². The van der Waals surface area contributed by atoms with Crippen LogP contribution in [0, 0.1) is 5.92 Å². The number of hydrogen-bond donors (Lipinski definition) is 1. The highest BCUT2D eigenvalue weighted by atomic mass is 16.5. The smallest absolute Gasteiger partial charge is 0.160 e. The van der Waals surface area contributed by atoms with Crippen molar-refractivity contribution in [1.82, 2.24) is 5.32 Å². The van der Waals surface area contributed by atoms with Crippen molar-refractivity contribution in [3.05, 3.63) is 23.8 Å². The number of rotatable bonds is 7. The SMILES string of the molecule is CCCNCC1CC1c1ccc(OC)c(OC)c1. The van der Waals surface area contributed by atoms with Crippen LogP contribution in [0.15, 0.2) is 18.2 Å². The highest BCUT2D eigenvalue weighted by Gasteiger charge is 2.37. The van der Waals surface area contributed by atoms with Gasteiger partial charge in [0.05, 0.1) is 14.2 Å². The Morgan fingerprint density at radius 2 is 2.00 bits per heavy atom. The quantitative estimate of drug-likeness (QED) is 0.754. The van der Waals surface area contributed by atoms with Crippen LogP contribution in [0.25, 0.3) is 0 Å². The van der Waals surface area contributed by atoms with Gasteiger partial charge in [0.1, 0.15) is 0 Å². The predicted molar refractivity (Wildman–Crippen MR) is 73.6 cm³/mol. The van der Waals surface area contributed by atoms with Crippen molar-refractivity contribution in [2.75, 3.05) is 27.3 Å². The topological polar surface area (TPSA) is 30.5 Å². The van der Waals surface area contributed by atoms with Crippen molar-refractivity contribution < 1.29 is 9.47 Å². The summed E-state index contributed by atoms with van der Waals surface area (Å²) in [6.07, 6.45) is 2.49. The third-order valence-corrected chi connectivity index (χ3v) is 3.59. The maximum absolute atomic E-state index is 5.35. The second-order valence-electron chi connectivity index (χ2n) is 4.92. The largest absolute Gasteiger partial charge is 0.493 e. The van der Waals surface area contributed by atoms with E-state index in [1.54, 1.807) is 14.2 Å². The molecule has 1 aromatic rings. The predicted octanol–water partition coefficient (Wildman–Crippen LogP) is 2.81. The average molecular weight is 249 g/mol. The van der Waals surface area contributed by atoms with E-state index in [1.807, 2.05) is 6.07 Å². The lowest BCUT2D eigenvalue weighted by Gasteiger charge is -2.09. The fourth-order valence-electron chi connectivity index (χ4n) is 2.43. The van der Waals surface area contributed by atoms with Crippen LogP contribution in [-0.2, 0) is 0 Å². The van der Waals surface area contributed by atoms with Crippen LogP contribution in [0.5, 0.6) is 11.5 Å². The summed E-state index contributed by atoms with van der Waals surface area (Å²) in [6, 6.07) is 6.28. The standard InChI is InChI=1S/C15H23NO2/c1-4-7-16-10-12-8-13(12)11-5-6-14(17-2)15(9-11)18-3/h5-6,9,12-13,16H,4,7-8,10H2,1-3H3. The Morgan fingerprint density at radius 1 is 1.22 bits per heavy atom. The molecule has 2 atom stereocenters. The van der Waals surface area contributed by atoms with Gasteiger partial charge in [-0.3, -0.25) is 0 Å². The third kappa shape index (κ3) is 2.96. The van der Waals surface area contributed by atoms with E-state index in [-0.39, 0.29) is 0 Å². The van der Waals surface area contributed by atoms with E-state index in [0.29, 0.717) is 5.92 Å². The Balaban J connectivity index is 1.94. The van der Waals surface area contributed by atoms with Gasteiger partial charge in [0.15, 0.2) is 11.5 Å². The van der Waals surface area contributed by atoms with Crippen molar-refractivity contribution in [1.29, 1.82) is 0 Å². The minimum atomic E-state index is 0.689. The first-order chi connectivity index (χ1) is 8.80. The van der Waals surface area contributed by atoms with Crippen molar-refractivity contribution in [2.45, 2.75) is 25.7 Å². The molecule has 1 aliphatic carbocycles. The number of hydrogen-bond acceptors (Lipinski definition) is 3. The summed E-state index contributed by atoms with van der Waals surface area (Å²) >= 11 is 0. The van der Waals surface area contributed by atoms with Gasteiger partial charge in [-0.2, -0.15) is 0 Å². The van der Waals surface area contributed by atoms with E-state index in [1.165, 1.54) is 18.4 Å². The number of nitrogens with one attached hydrogen (secondary N) is 1. The zero-order valence-corrected chi connectivity index (χ0v) is 11.5. The van der Waals surface area contributed by atoms with Crippen LogP contribution in [0.3, 0.4) is 0 Å². The molecule has 2 rings (SSSR count). The van der Waals surface area contributed by atoms with Gasteiger partial charge in [0, 0.05) is 0 Å². The van der Waals surface area contributed by atoms with Gasteiger partial charge in [0.25, 0.3) is 0 Å². The molecule has 0 heterocycles. The summed E-state index contributed by atoms with van der Waals surface area (Å²) in [6.45, 7) is 4.45.